The first-order valence-electron chi connectivity index (χ1n) is 10.0. The zero-order valence-electron chi connectivity index (χ0n) is 16.8. The summed E-state index contributed by atoms with van der Waals surface area (Å²) in [6.07, 6.45) is 4.05. The van der Waals surface area contributed by atoms with Crippen molar-refractivity contribution >= 4 is 17.7 Å². The number of methoxy groups -OCH3 is 1. The Kier molecular flexibility index (Phi) is 5.92. The Bertz CT molecular complexity index is 1000. The van der Waals surface area contributed by atoms with Crippen LogP contribution in [0.3, 0.4) is 0 Å². The fourth-order valence-electron chi connectivity index (χ4n) is 3.54. The van der Waals surface area contributed by atoms with Crippen LogP contribution in [0.15, 0.2) is 48.5 Å². The number of benzene rings is 2. The van der Waals surface area contributed by atoms with Gasteiger partial charge in [0.1, 0.15) is 17.4 Å². The van der Waals surface area contributed by atoms with Crippen LogP contribution in [0.1, 0.15) is 30.7 Å². The summed E-state index contributed by atoms with van der Waals surface area (Å²) < 4.78 is 20.5. The van der Waals surface area contributed by atoms with Gasteiger partial charge in [-0.3, -0.25) is 9.47 Å². The molecule has 2 aromatic carbocycles. The van der Waals surface area contributed by atoms with E-state index in [0.717, 1.165) is 43.6 Å². The zero-order chi connectivity index (χ0) is 20.9. The van der Waals surface area contributed by atoms with Crippen molar-refractivity contribution in [3.8, 4) is 5.75 Å². The number of hydrogen-bond donors (Lipinski definition) is 1. The fraction of sp³-hybridized carbons (Fsp3) is 0.318. The number of urea groups is 1. The number of carbonyl (C=O) groups excluding carboxylic acids is 1. The van der Waals surface area contributed by atoms with Crippen LogP contribution in [0.25, 0.3) is 0 Å². The summed E-state index contributed by atoms with van der Waals surface area (Å²) in [7, 11) is 1.59. The molecule has 30 heavy (non-hydrogen) atoms. The lowest BCUT2D eigenvalue weighted by Crippen LogP contribution is -2.36. The van der Waals surface area contributed by atoms with Gasteiger partial charge in [-0.25, -0.2) is 9.18 Å². The maximum absolute atomic E-state index is 13.3. The molecule has 1 aromatic heterocycles. The van der Waals surface area contributed by atoms with Crippen LogP contribution in [0.5, 0.6) is 5.75 Å². The van der Waals surface area contributed by atoms with E-state index < -0.39 is 0 Å². The van der Waals surface area contributed by atoms with E-state index in [1.54, 1.807) is 48.4 Å². The summed E-state index contributed by atoms with van der Waals surface area (Å²) >= 11 is 0. The Morgan fingerprint density at radius 1 is 1.10 bits per heavy atom. The van der Waals surface area contributed by atoms with E-state index in [0.29, 0.717) is 17.4 Å². The maximum atomic E-state index is 13.3. The quantitative estimate of drug-likeness (QED) is 0.678. The van der Waals surface area contributed by atoms with Crippen LogP contribution in [0, 0.1) is 5.82 Å². The third-order valence-electron chi connectivity index (χ3n) is 5.17. The van der Waals surface area contributed by atoms with Crippen molar-refractivity contribution < 1.29 is 13.9 Å². The highest BCUT2D eigenvalue weighted by molar-refractivity contribution is 6.00. The third-order valence-corrected chi connectivity index (χ3v) is 5.17. The molecule has 0 atom stereocenters. The second-order valence-corrected chi connectivity index (χ2v) is 7.25. The van der Waals surface area contributed by atoms with Gasteiger partial charge in [-0.05, 0) is 54.8 Å². The molecule has 0 saturated carbocycles. The number of nitrogens with one attached hydrogen (secondary N) is 1. The van der Waals surface area contributed by atoms with Crippen molar-refractivity contribution in [3.05, 3.63) is 65.7 Å². The molecule has 0 radical (unpaired) electrons. The molecule has 4 rings (SSSR count). The lowest BCUT2D eigenvalue weighted by atomic mass is 10.2. The summed E-state index contributed by atoms with van der Waals surface area (Å²) in [5.74, 6) is 1.79. The summed E-state index contributed by atoms with van der Waals surface area (Å²) in [6, 6.07) is 12.9. The normalized spacial score (nSPS) is 13.3. The van der Waals surface area contributed by atoms with Gasteiger partial charge in [0.15, 0.2) is 0 Å². The van der Waals surface area contributed by atoms with Gasteiger partial charge in [0.25, 0.3) is 0 Å². The molecule has 0 aliphatic carbocycles. The first-order valence-corrected chi connectivity index (χ1v) is 10.0. The van der Waals surface area contributed by atoms with Gasteiger partial charge in [0, 0.05) is 18.7 Å². The molecule has 2 heterocycles. The van der Waals surface area contributed by atoms with Crippen LogP contribution < -0.4 is 15.0 Å². The highest BCUT2D eigenvalue weighted by Crippen LogP contribution is 2.23. The number of carbonyl (C=O) groups is 1. The van der Waals surface area contributed by atoms with E-state index in [-0.39, 0.29) is 18.4 Å². The Labute approximate surface area is 174 Å². The summed E-state index contributed by atoms with van der Waals surface area (Å²) in [6.45, 7) is 1.02. The van der Waals surface area contributed by atoms with Crippen LogP contribution in [0.2, 0.25) is 0 Å². The zero-order valence-corrected chi connectivity index (χ0v) is 16.8. The van der Waals surface area contributed by atoms with Crippen molar-refractivity contribution in [3.63, 3.8) is 0 Å². The minimum absolute atomic E-state index is 0.250. The van der Waals surface area contributed by atoms with E-state index >= 15 is 0 Å². The van der Waals surface area contributed by atoms with Gasteiger partial charge in [-0.2, -0.15) is 0 Å². The smallest absolute Gasteiger partial charge is 0.329 e. The molecule has 156 valence electrons. The lowest BCUT2D eigenvalue weighted by Gasteiger charge is -2.23. The average molecular weight is 409 g/mol. The predicted molar refractivity (Wildman–Crippen MR) is 112 cm³/mol. The van der Waals surface area contributed by atoms with Crippen LogP contribution in [-0.4, -0.2) is 27.9 Å². The number of rotatable bonds is 5. The molecule has 7 nitrogen and oxygen atoms in total. The number of aryl methyl sites for hydroxylation is 1. The molecular formula is C22H24FN5O2. The number of ether oxygens (including phenoxy) is 1. The first-order chi connectivity index (χ1) is 14.6. The Morgan fingerprint density at radius 3 is 2.60 bits per heavy atom. The molecule has 0 fully saturated rings. The SMILES string of the molecule is COc1ccc(NC(=O)N(Cc2ccc(F)cc2)c2nnc3n2CCCCC3)cc1. The third kappa shape index (κ3) is 4.42. The van der Waals surface area contributed by atoms with E-state index in [4.69, 9.17) is 4.74 Å². The Balaban J connectivity index is 1.63. The van der Waals surface area contributed by atoms with Crippen LogP contribution >= 0.6 is 0 Å². The largest absolute Gasteiger partial charge is 0.497 e. The van der Waals surface area contributed by atoms with Crippen molar-refractivity contribution in [2.45, 2.75) is 38.8 Å². The highest BCUT2D eigenvalue weighted by atomic mass is 19.1. The van der Waals surface area contributed by atoms with Gasteiger partial charge < -0.3 is 10.1 Å². The molecule has 2 amide bonds. The van der Waals surface area contributed by atoms with Crippen LogP contribution in [-0.2, 0) is 19.5 Å². The minimum Gasteiger partial charge on any atom is -0.497 e. The fourth-order valence-corrected chi connectivity index (χ4v) is 3.54. The molecule has 0 bridgehead atoms. The Hall–Kier alpha value is -3.42. The minimum atomic E-state index is -0.330. The topological polar surface area (TPSA) is 72.3 Å². The first kappa shape index (κ1) is 19.9. The molecule has 3 aromatic rings. The van der Waals surface area contributed by atoms with E-state index in [9.17, 15) is 9.18 Å². The molecule has 0 saturated heterocycles. The van der Waals surface area contributed by atoms with Gasteiger partial charge in [0.2, 0.25) is 5.95 Å². The number of amides is 2. The number of aromatic nitrogens is 3. The number of hydrogen-bond acceptors (Lipinski definition) is 4. The lowest BCUT2D eigenvalue weighted by molar-refractivity contribution is 0.256. The summed E-state index contributed by atoms with van der Waals surface area (Å²) in [5, 5.41) is 11.6. The van der Waals surface area contributed by atoms with Crippen molar-refractivity contribution in [1.29, 1.82) is 0 Å². The van der Waals surface area contributed by atoms with E-state index in [1.807, 2.05) is 4.57 Å². The Morgan fingerprint density at radius 2 is 1.87 bits per heavy atom. The van der Waals surface area contributed by atoms with E-state index in [1.165, 1.54) is 12.1 Å². The summed E-state index contributed by atoms with van der Waals surface area (Å²) in [4.78, 5) is 14.8. The van der Waals surface area contributed by atoms with Gasteiger partial charge in [0.05, 0.1) is 13.7 Å². The molecule has 1 aliphatic heterocycles. The number of anilines is 2. The summed E-state index contributed by atoms with van der Waals surface area (Å²) in [5.41, 5.74) is 1.44. The van der Waals surface area contributed by atoms with Crippen molar-refractivity contribution in [2.24, 2.45) is 0 Å². The average Bonchev–Trinajstić information content (AvgIpc) is 3.01. The van der Waals surface area contributed by atoms with Crippen molar-refractivity contribution in [1.82, 2.24) is 14.8 Å². The second-order valence-electron chi connectivity index (χ2n) is 7.25. The standard InChI is InChI=1S/C22H24FN5O2/c1-30-19-12-10-18(11-13-19)24-22(29)28(15-16-6-8-17(23)9-7-16)21-26-25-20-5-3-2-4-14-27(20)21/h6-13H,2-5,14-15H2,1H3,(H,24,29). The van der Waals surface area contributed by atoms with E-state index in [2.05, 4.69) is 15.5 Å². The molecule has 0 unspecified atom stereocenters. The maximum Gasteiger partial charge on any atom is 0.329 e. The predicted octanol–water partition coefficient (Wildman–Crippen LogP) is 4.39. The van der Waals surface area contributed by atoms with Crippen molar-refractivity contribution in [2.75, 3.05) is 17.3 Å². The molecule has 0 spiro atoms. The second kappa shape index (κ2) is 8.94. The highest BCUT2D eigenvalue weighted by Gasteiger charge is 2.25. The molecule has 1 N–H and O–H groups in total. The number of nitrogens with zero attached hydrogens (tertiary/aromatic N) is 4. The van der Waals surface area contributed by atoms with Gasteiger partial charge in [-0.15, -0.1) is 10.2 Å². The number of halogens is 1. The molecule has 8 heteroatoms. The monoisotopic (exact) mass is 409 g/mol. The number of fused-ring (bicyclic) bond motifs is 1. The molecular weight excluding hydrogens is 385 g/mol. The van der Waals surface area contributed by atoms with Gasteiger partial charge in [-0.1, -0.05) is 18.6 Å². The van der Waals surface area contributed by atoms with Gasteiger partial charge >= 0.3 is 6.03 Å². The van der Waals surface area contributed by atoms with Crippen LogP contribution in [0.4, 0.5) is 20.8 Å². The molecule has 1 aliphatic rings.